The number of sulfonamides is 1. The molecule has 1 amide bonds. The van der Waals surface area contributed by atoms with Crippen molar-refractivity contribution in [3.63, 3.8) is 0 Å². The summed E-state index contributed by atoms with van der Waals surface area (Å²) in [7, 11) is -1.91. The van der Waals surface area contributed by atoms with E-state index in [0.717, 1.165) is 25.7 Å². The van der Waals surface area contributed by atoms with Gasteiger partial charge in [-0.3, -0.25) is 4.79 Å². The second kappa shape index (κ2) is 6.45. The van der Waals surface area contributed by atoms with Gasteiger partial charge in [0, 0.05) is 25.3 Å². The third-order valence-corrected chi connectivity index (χ3v) is 6.29. The van der Waals surface area contributed by atoms with Crippen LogP contribution in [0.15, 0.2) is 18.3 Å². The van der Waals surface area contributed by atoms with E-state index in [1.807, 2.05) is 0 Å². The Bertz CT molecular complexity index is 680. The molecule has 23 heavy (non-hydrogen) atoms. The summed E-state index contributed by atoms with van der Waals surface area (Å²) in [6.07, 6.45) is 5.50. The monoisotopic (exact) mass is 339 g/mol. The first-order valence-electron chi connectivity index (χ1n) is 7.80. The summed E-state index contributed by atoms with van der Waals surface area (Å²) < 4.78 is 32.5. The predicted octanol–water partition coefficient (Wildman–Crippen LogP) is 0.777. The van der Waals surface area contributed by atoms with Crippen LogP contribution in [-0.2, 0) is 10.0 Å². The normalized spacial score (nSPS) is 19.6. The van der Waals surface area contributed by atoms with Crippen LogP contribution in [0.1, 0.15) is 36.0 Å². The smallest absolute Gasteiger partial charge is 0.259 e. The van der Waals surface area contributed by atoms with E-state index in [-0.39, 0.29) is 30.9 Å². The van der Waals surface area contributed by atoms with Crippen LogP contribution in [0.25, 0.3) is 0 Å². The minimum Gasteiger partial charge on any atom is -0.480 e. The molecular formula is C15H21N3O4S. The van der Waals surface area contributed by atoms with Crippen molar-refractivity contribution < 1.29 is 17.9 Å². The van der Waals surface area contributed by atoms with Gasteiger partial charge in [0.15, 0.2) is 0 Å². The molecule has 126 valence electrons. The Morgan fingerprint density at radius 3 is 2.70 bits per heavy atom. The summed E-state index contributed by atoms with van der Waals surface area (Å²) in [5.41, 5.74) is 0.356. The second-order valence-corrected chi connectivity index (χ2v) is 8.03. The number of amides is 1. The van der Waals surface area contributed by atoms with E-state index in [9.17, 15) is 13.2 Å². The molecular weight excluding hydrogens is 318 g/mol. The van der Waals surface area contributed by atoms with Gasteiger partial charge in [-0.2, -0.15) is 0 Å². The Morgan fingerprint density at radius 2 is 2.04 bits per heavy atom. The molecule has 1 aliphatic carbocycles. The van der Waals surface area contributed by atoms with Crippen molar-refractivity contribution in [1.82, 2.24) is 14.6 Å². The van der Waals surface area contributed by atoms with Crippen LogP contribution in [0.3, 0.4) is 0 Å². The lowest BCUT2D eigenvalue weighted by molar-refractivity contribution is 0.0653. The van der Waals surface area contributed by atoms with Gasteiger partial charge in [0.25, 0.3) is 5.91 Å². The van der Waals surface area contributed by atoms with Crippen molar-refractivity contribution in [3.8, 4) is 5.88 Å². The van der Waals surface area contributed by atoms with Crippen molar-refractivity contribution >= 4 is 15.9 Å². The number of aromatic nitrogens is 1. The lowest BCUT2D eigenvalue weighted by atomic mass is 10.1. The Kier molecular flexibility index (Phi) is 4.54. The average Bonchev–Trinajstić information content (AvgIpc) is 2.97. The Hall–Kier alpha value is -1.67. The first-order valence-corrected chi connectivity index (χ1v) is 9.35. The molecule has 0 spiro atoms. The maximum atomic E-state index is 12.4. The third kappa shape index (κ3) is 3.32. The van der Waals surface area contributed by atoms with Crippen molar-refractivity contribution in [2.24, 2.45) is 0 Å². The molecule has 1 saturated heterocycles. The third-order valence-electron chi connectivity index (χ3n) is 4.46. The topological polar surface area (TPSA) is 88.6 Å². The van der Waals surface area contributed by atoms with Crippen LogP contribution in [0, 0.1) is 0 Å². The minimum absolute atomic E-state index is 0.0585. The largest absolute Gasteiger partial charge is 0.480 e. The fourth-order valence-corrected chi connectivity index (χ4v) is 4.70. The molecule has 2 heterocycles. The SMILES string of the molecule is COc1ncccc1C(=O)N1CC(S(=O)(=O)NC2CCCC2)C1. The maximum absolute atomic E-state index is 12.4. The second-order valence-electron chi connectivity index (χ2n) is 6.04. The Morgan fingerprint density at radius 1 is 1.35 bits per heavy atom. The van der Waals surface area contributed by atoms with Crippen LogP contribution < -0.4 is 9.46 Å². The fraction of sp³-hybridized carbons (Fsp3) is 0.600. The molecule has 0 unspecified atom stereocenters. The summed E-state index contributed by atoms with van der Waals surface area (Å²) in [4.78, 5) is 17.9. The lowest BCUT2D eigenvalue weighted by Gasteiger charge is -2.39. The van der Waals surface area contributed by atoms with Gasteiger partial charge in [-0.05, 0) is 25.0 Å². The number of ether oxygens (including phenoxy) is 1. The predicted molar refractivity (Wildman–Crippen MR) is 84.8 cm³/mol. The van der Waals surface area contributed by atoms with Gasteiger partial charge in [-0.25, -0.2) is 18.1 Å². The molecule has 0 atom stereocenters. The standard InChI is InChI=1S/C15H21N3O4S/c1-22-14-13(7-4-8-16-14)15(19)18-9-12(10-18)23(20,21)17-11-5-2-3-6-11/h4,7-8,11-12,17H,2-3,5-6,9-10H2,1H3. The molecule has 1 N–H and O–H groups in total. The lowest BCUT2D eigenvalue weighted by Crippen LogP contribution is -2.60. The van der Waals surface area contributed by atoms with Gasteiger partial charge in [-0.15, -0.1) is 0 Å². The number of nitrogens with zero attached hydrogens (tertiary/aromatic N) is 2. The number of hydrogen-bond donors (Lipinski definition) is 1. The van der Waals surface area contributed by atoms with Crippen LogP contribution in [0.4, 0.5) is 0 Å². The molecule has 3 rings (SSSR count). The molecule has 1 aromatic heterocycles. The summed E-state index contributed by atoms with van der Waals surface area (Å²) in [6.45, 7) is 0.415. The zero-order valence-corrected chi connectivity index (χ0v) is 13.9. The quantitative estimate of drug-likeness (QED) is 0.856. The maximum Gasteiger partial charge on any atom is 0.259 e. The highest BCUT2D eigenvalue weighted by molar-refractivity contribution is 7.90. The Labute approximate surface area is 136 Å². The molecule has 1 aromatic rings. The van der Waals surface area contributed by atoms with Crippen LogP contribution in [0.2, 0.25) is 0 Å². The summed E-state index contributed by atoms with van der Waals surface area (Å²) in [5.74, 6) is 0.00940. The number of methoxy groups -OCH3 is 1. The number of pyridine rings is 1. The number of nitrogens with one attached hydrogen (secondary N) is 1. The van der Waals surface area contributed by atoms with Crippen LogP contribution >= 0.6 is 0 Å². The van der Waals surface area contributed by atoms with Crippen molar-refractivity contribution in [2.45, 2.75) is 37.0 Å². The molecule has 0 bridgehead atoms. The van der Waals surface area contributed by atoms with E-state index in [1.54, 1.807) is 18.3 Å². The molecule has 2 fully saturated rings. The number of rotatable bonds is 5. The van der Waals surface area contributed by atoms with Crippen molar-refractivity contribution in [3.05, 3.63) is 23.9 Å². The van der Waals surface area contributed by atoms with Crippen molar-refractivity contribution in [2.75, 3.05) is 20.2 Å². The van der Waals surface area contributed by atoms with Gasteiger partial charge >= 0.3 is 0 Å². The first kappa shape index (κ1) is 16.2. The van der Waals surface area contributed by atoms with Gasteiger partial charge in [-0.1, -0.05) is 12.8 Å². The van der Waals surface area contributed by atoms with E-state index >= 15 is 0 Å². The highest BCUT2D eigenvalue weighted by Gasteiger charge is 2.41. The zero-order valence-electron chi connectivity index (χ0n) is 13.1. The van der Waals surface area contributed by atoms with Crippen LogP contribution in [0.5, 0.6) is 5.88 Å². The highest BCUT2D eigenvalue weighted by Crippen LogP contribution is 2.24. The van der Waals surface area contributed by atoms with E-state index in [1.165, 1.54) is 12.0 Å². The number of carbonyl (C=O) groups is 1. The Balaban J connectivity index is 1.60. The molecule has 1 saturated carbocycles. The minimum atomic E-state index is -3.36. The van der Waals surface area contributed by atoms with E-state index in [0.29, 0.717) is 5.56 Å². The van der Waals surface area contributed by atoms with Gasteiger partial charge in [0.2, 0.25) is 15.9 Å². The van der Waals surface area contributed by atoms with Gasteiger partial charge < -0.3 is 9.64 Å². The molecule has 2 aliphatic rings. The van der Waals surface area contributed by atoms with E-state index in [4.69, 9.17) is 4.74 Å². The number of hydrogen-bond acceptors (Lipinski definition) is 5. The average molecular weight is 339 g/mol. The zero-order chi connectivity index (χ0) is 16.4. The van der Waals surface area contributed by atoms with Crippen molar-refractivity contribution in [1.29, 1.82) is 0 Å². The first-order chi connectivity index (χ1) is 11.0. The number of carbonyl (C=O) groups excluding carboxylic acids is 1. The highest BCUT2D eigenvalue weighted by atomic mass is 32.2. The molecule has 0 radical (unpaired) electrons. The van der Waals surface area contributed by atoms with E-state index in [2.05, 4.69) is 9.71 Å². The van der Waals surface area contributed by atoms with Crippen LogP contribution in [-0.4, -0.2) is 55.7 Å². The number of likely N-dealkylation sites (tertiary alicyclic amines) is 1. The fourth-order valence-electron chi connectivity index (χ4n) is 3.06. The summed E-state index contributed by atoms with van der Waals surface area (Å²) >= 11 is 0. The molecule has 0 aromatic carbocycles. The molecule has 8 heteroatoms. The molecule has 7 nitrogen and oxygen atoms in total. The van der Waals surface area contributed by atoms with Gasteiger partial charge in [0.05, 0.1) is 7.11 Å². The van der Waals surface area contributed by atoms with Gasteiger partial charge in [0.1, 0.15) is 10.8 Å². The molecule has 1 aliphatic heterocycles. The van der Waals surface area contributed by atoms with E-state index < -0.39 is 15.3 Å². The summed E-state index contributed by atoms with van der Waals surface area (Å²) in [5, 5.41) is -0.533. The summed E-state index contributed by atoms with van der Waals surface area (Å²) in [6, 6.07) is 3.35.